The molecule has 0 heterocycles. The zero-order valence-corrected chi connectivity index (χ0v) is 9.38. The molecule has 0 atom stereocenters. The standard InChI is InChI=1S/C11H12BrNO/c12-9-4-1-3-8(7-9)11(14)13-10-5-2-6-10/h1,3-4,7,10H,2,5-6H2,(H,13,14). The number of carbonyl (C=O) groups excluding carboxylic acids is 1. The maximum Gasteiger partial charge on any atom is 0.251 e. The van der Waals surface area contributed by atoms with Crippen molar-refractivity contribution in [2.45, 2.75) is 25.3 Å². The molecule has 2 rings (SSSR count). The zero-order valence-electron chi connectivity index (χ0n) is 7.79. The second-order valence-corrected chi connectivity index (χ2v) is 4.53. The van der Waals surface area contributed by atoms with Crippen molar-refractivity contribution in [1.82, 2.24) is 5.32 Å². The van der Waals surface area contributed by atoms with Gasteiger partial charge >= 0.3 is 0 Å². The number of hydrogen-bond acceptors (Lipinski definition) is 1. The number of rotatable bonds is 2. The molecule has 1 aromatic carbocycles. The van der Waals surface area contributed by atoms with Crippen molar-refractivity contribution >= 4 is 21.8 Å². The molecular weight excluding hydrogens is 242 g/mol. The largest absolute Gasteiger partial charge is 0.349 e. The molecule has 0 aromatic heterocycles. The number of nitrogens with one attached hydrogen (secondary N) is 1. The summed E-state index contributed by atoms with van der Waals surface area (Å²) < 4.78 is 0.943. The van der Waals surface area contributed by atoms with Crippen molar-refractivity contribution in [3.05, 3.63) is 34.3 Å². The van der Waals surface area contributed by atoms with E-state index in [2.05, 4.69) is 21.2 Å². The van der Waals surface area contributed by atoms with Crippen LogP contribution in [0.15, 0.2) is 28.7 Å². The minimum Gasteiger partial charge on any atom is -0.349 e. The van der Waals surface area contributed by atoms with Crippen LogP contribution in [-0.2, 0) is 0 Å². The van der Waals surface area contributed by atoms with Crippen molar-refractivity contribution in [3.8, 4) is 0 Å². The van der Waals surface area contributed by atoms with Crippen LogP contribution in [0.2, 0.25) is 0 Å². The normalized spacial score (nSPS) is 16.1. The molecule has 3 heteroatoms. The minimum absolute atomic E-state index is 0.0380. The Morgan fingerprint density at radius 1 is 1.43 bits per heavy atom. The van der Waals surface area contributed by atoms with Crippen LogP contribution in [0.5, 0.6) is 0 Å². The SMILES string of the molecule is O=C(NC1CCC1)c1cccc(Br)c1. The molecule has 14 heavy (non-hydrogen) atoms. The van der Waals surface area contributed by atoms with E-state index in [1.54, 1.807) is 0 Å². The minimum atomic E-state index is 0.0380. The van der Waals surface area contributed by atoms with Crippen molar-refractivity contribution in [2.24, 2.45) is 0 Å². The highest BCUT2D eigenvalue weighted by atomic mass is 79.9. The Morgan fingerprint density at radius 3 is 2.79 bits per heavy atom. The van der Waals surface area contributed by atoms with Gasteiger partial charge in [0, 0.05) is 16.1 Å². The smallest absolute Gasteiger partial charge is 0.251 e. The molecule has 0 radical (unpaired) electrons. The number of benzene rings is 1. The quantitative estimate of drug-likeness (QED) is 0.863. The predicted octanol–water partition coefficient (Wildman–Crippen LogP) is 2.73. The molecule has 2 nitrogen and oxygen atoms in total. The van der Waals surface area contributed by atoms with E-state index in [9.17, 15) is 4.79 Å². The lowest BCUT2D eigenvalue weighted by atomic mass is 9.93. The van der Waals surface area contributed by atoms with Gasteiger partial charge in [0.15, 0.2) is 0 Å². The summed E-state index contributed by atoms with van der Waals surface area (Å²) in [6, 6.07) is 7.87. The molecular formula is C11H12BrNO. The monoisotopic (exact) mass is 253 g/mol. The van der Waals surface area contributed by atoms with Gasteiger partial charge in [0.05, 0.1) is 0 Å². The van der Waals surface area contributed by atoms with Gasteiger partial charge in [0.2, 0.25) is 0 Å². The van der Waals surface area contributed by atoms with Crippen LogP contribution >= 0.6 is 15.9 Å². The summed E-state index contributed by atoms with van der Waals surface area (Å²) in [6.45, 7) is 0. The van der Waals surface area contributed by atoms with Crippen molar-refractivity contribution < 1.29 is 4.79 Å². The molecule has 0 bridgehead atoms. The molecule has 0 unspecified atom stereocenters. The molecule has 1 fully saturated rings. The summed E-state index contributed by atoms with van der Waals surface area (Å²) in [5.74, 6) is 0.0380. The highest BCUT2D eigenvalue weighted by Gasteiger charge is 2.19. The van der Waals surface area contributed by atoms with E-state index in [-0.39, 0.29) is 5.91 Å². The number of hydrogen-bond donors (Lipinski definition) is 1. The summed E-state index contributed by atoms with van der Waals surface area (Å²) in [4.78, 5) is 11.7. The third-order valence-electron chi connectivity index (χ3n) is 2.53. The average molecular weight is 254 g/mol. The van der Waals surface area contributed by atoms with Crippen LogP contribution in [-0.4, -0.2) is 11.9 Å². The van der Waals surface area contributed by atoms with Crippen LogP contribution < -0.4 is 5.32 Å². The van der Waals surface area contributed by atoms with Gasteiger partial charge in [-0.15, -0.1) is 0 Å². The van der Waals surface area contributed by atoms with E-state index in [0.717, 1.165) is 22.9 Å². The van der Waals surface area contributed by atoms with Crippen molar-refractivity contribution in [3.63, 3.8) is 0 Å². The van der Waals surface area contributed by atoms with Gasteiger partial charge in [-0.3, -0.25) is 4.79 Å². The molecule has 1 saturated carbocycles. The predicted molar refractivity (Wildman–Crippen MR) is 59.2 cm³/mol. The summed E-state index contributed by atoms with van der Waals surface area (Å²) in [5.41, 5.74) is 0.728. The van der Waals surface area contributed by atoms with E-state index >= 15 is 0 Å². The highest BCUT2D eigenvalue weighted by Crippen LogP contribution is 2.19. The molecule has 0 saturated heterocycles. The van der Waals surface area contributed by atoms with E-state index in [4.69, 9.17) is 0 Å². The first-order chi connectivity index (χ1) is 6.75. The Labute approximate surface area is 91.8 Å². The summed E-state index contributed by atoms with van der Waals surface area (Å²) in [5, 5.41) is 3.00. The summed E-state index contributed by atoms with van der Waals surface area (Å²) >= 11 is 3.35. The summed E-state index contributed by atoms with van der Waals surface area (Å²) in [7, 11) is 0. The molecule has 1 N–H and O–H groups in total. The fourth-order valence-corrected chi connectivity index (χ4v) is 1.85. The van der Waals surface area contributed by atoms with Crippen LogP contribution in [0.4, 0.5) is 0 Å². The van der Waals surface area contributed by atoms with Crippen LogP contribution in [0, 0.1) is 0 Å². The van der Waals surface area contributed by atoms with E-state index in [0.29, 0.717) is 6.04 Å². The Hall–Kier alpha value is -0.830. The fraction of sp³-hybridized carbons (Fsp3) is 0.364. The molecule has 1 aliphatic rings. The second-order valence-electron chi connectivity index (χ2n) is 3.61. The van der Waals surface area contributed by atoms with Crippen molar-refractivity contribution in [1.29, 1.82) is 0 Å². The number of carbonyl (C=O) groups is 1. The lowest BCUT2D eigenvalue weighted by Gasteiger charge is -2.26. The van der Waals surface area contributed by atoms with Gasteiger partial charge < -0.3 is 5.32 Å². The molecule has 0 spiro atoms. The maximum absolute atomic E-state index is 11.7. The average Bonchev–Trinajstić information content (AvgIpc) is 2.11. The van der Waals surface area contributed by atoms with Gasteiger partial charge in [-0.2, -0.15) is 0 Å². The Balaban J connectivity index is 2.02. The lowest BCUT2D eigenvalue weighted by Crippen LogP contribution is -2.39. The fourth-order valence-electron chi connectivity index (χ4n) is 1.45. The first-order valence-corrected chi connectivity index (χ1v) is 5.61. The first kappa shape index (κ1) is 9.71. The van der Waals surface area contributed by atoms with Crippen LogP contribution in [0.1, 0.15) is 29.6 Å². The highest BCUT2D eigenvalue weighted by molar-refractivity contribution is 9.10. The number of halogens is 1. The van der Waals surface area contributed by atoms with Gasteiger partial charge in [-0.25, -0.2) is 0 Å². The molecule has 74 valence electrons. The van der Waals surface area contributed by atoms with Crippen LogP contribution in [0.3, 0.4) is 0 Å². The van der Waals surface area contributed by atoms with E-state index in [1.165, 1.54) is 6.42 Å². The first-order valence-electron chi connectivity index (χ1n) is 4.82. The van der Waals surface area contributed by atoms with E-state index < -0.39 is 0 Å². The third-order valence-corrected chi connectivity index (χ3v) is 3.02. The van der Waals surface area contributed by atoms with Crippen molar-refractivity contribution in [2.75, 3.05) is 0 Å². The maximum atomic E-state index is 11.7. The Kier molecular flexibility index (Phi) is 2.87. The molecule has 1 aliphatic carbocycles. The topological polar surface area (TPSA) is 29.1 Å². The Bertz CT molecular complexity index is 347. The summed E-state index contributed by atoms with van der Waals surface area (Å²) in [6.07, 6.45) is 3.49. The van der Waals surface area contributed by atoms with Gasteiger partial charge in [0.25, 0.3) is 5.91 Å². The van der Waals surface area contributed by atoms with Gasteiger partial charge in [-0.05, 0) is 37.5 Å². The van der Waals surface area contributed by atoms with Gasteiger partial charge in [0.1, 0.15) is 0 Å². The second kappa shape index (κ2) is 4.13. The molecule has 0 aliphatic heterocycles. The Morgan fingerprint density at radius 2 is 2.21 bits per heavy atom. The third kappa shape index (κ3) is 2.15. The molecule has 1 amide bonds. The molecule has 1 aromatic rings. The van der Waals surface area contributed by atoms with Crippen LogP contribution in [0.25, 0.3) is 0 Å². The lowest BCUT2D eigenvalue weighted by molar-refractivity contribution is 0.0917. The number of amides is 1. The zero-order chi connectivity index (χ0) is 9.97. The van der Waals surface area contributed by atoms with E-state index in [1.807, 2.05) is 24.3 Å². The van der Waals surface area contributed by atoms with Gasteiger partial charge in [-0.1, -0.05) is 22.0 Å².